The zero-order valence-corrected chi connectivity index (χ0v) is 23.1. The van der Waals surface area contributed by atoms with Crippen molar-refractivity contribution in [2.75, 3.05) is 19.6 Å². The van der Waals surface area contributed by atoms with Gasteiger partial charge in [-0.3, -0.25) is 14.7 Å². The van der Waals surface area contributed by atoms with Crippen LogP contribution < -0.4 is 0 Å². The van der Waals surface area contributed by atoms with Crippen molar-refractivity contribution >= 4 is 17.8 Å². The van der Waals surface area contributed by atoms with Gasteiger partial charge >= 0.3 is 24.3 Å². The topological polar surface area (TPSA) is 131 Å². The van der Waals surface area contributed by atoms with E-state index in [0.717, 1.165) is 17.0 Å². The number of pyridine rings is 1. The largest absolute Gasteiger partial charge is 0.508 e. The number of piperidine rings is 2. The molecule has 2 saturated heterocycles. The van der Waals surface area contributed by atoms with E-state index in [0.29, 0.717) is 39.0 Å². The molecule has 17 heteroatoms. The lowest BCUT2D eigenvalue weighted by Gasteiger charge is -2.49. The lowest BCUT2D eigenvalue weighted by atomic mass is 9.71. The Labute approximate surface area is 245 Å². The van der Waals surface area contributed by atoms with Crippen LogP contribution in [-0.2, 0) is 27.5 Å². The van der Waals surface area contributed by atoms with Crippen LogP contribution in [0.15, 0.2) is 42.5 Å². The van der Waals surface area contributed by atoms with Crippen LogP contribution in [0, 0.1) is 12.3 Å². The van der Waals surface area contributed by atoms with Crippen LogP contribution in [0.1, 0.15) is 36.2 Å². The summed E-state index contributed by atoms with van der Waals surface area (Å²) in [6, 6.07) is 12.2. The SMILES string of the molecule is Cc1cccc(CN2CCCC3(CN(Cc4ccc(O)cc4)CC(F)(F)C3)C2=O)n1.O=C(O)C(F)(F)F.O=C(O)C(F)(F)F. The summed E-state index contributed by atoms with van der Waals surface area (Å²) < 4.78 is 93.0. The Hall–Kier alpha value is -4.02. The number of benzene rings is 1. The number of aliphatic carboxylic acids is 2. The summed E-state index contributed by atoms with van der Waals surface area (Å²) in [5.41, 5.74) is 1.42. The normalized spacial score (nSPS) is 20.2. The summed E-state index contributed by atoms with van der Waals surface area (Å²) in [6.45, 7) is 3.10. The average Bonchev–Trinajstić information content (AvgIpc) is 2.87. The highest BCUT2D eigenvalue weighted by molar-refractivity contribution is 5.84. The Balaban J connectivity index is 0.000000402. The minimum absolute atomic E-state index is 0.141. The number of carbonyl (C=O) groups is 3. The number of aromatic hydroxyl groups is 1. The maximum absolute atomic E-state index is 14.8. The van der Waals surface area contributed by atoms with Gasteiger partial charge in [0.1, 0.15) is 5.75 Å². The highest BCUT2D eigenvalue weighted by Crippen LogP contribution is 2.45. The lowest BCUT2D eigenvalue weighted by Crippen LogP contribution is -2.60. The van der Waals surface area contributed by atoms with Crippen molar-refractivity contribution in [3.05, 3.63) is 59.4 Å². The summed E-state index contributed by atoms with van der Waals surface area (Å²) in [5, 5.41) is 23.7. The van der Waals surface area contributed by atoms with E-state index in [1.165, 1.54) is 0 Å². The van der Waals surface area contributed by atoms with E-state index < -0.39 is 42.0 Å². The number of hydrogen-bond acceptors (Lipinski definition) is 6. The van der Waals surface area contributed by atoms with Crippen LogP contribution >= 0.6 is 0 Å². The third kappa shape index (κ3) is 10.9. The number of amides is 1. The molecule has 1 spiro atoms. The molecule has 2 fully saturated rings. The fourth-order valence-corrected chi connectivity index (χ4v) is 4.89. The van der Waals surface area contributed by atoms with Gasteiger partial charge < -0.3 is 20.2 Å². The van der Waals surface area contributed by atoms with Crippen LogP contribution in [0.5, 0.6) is 5.75 Å². The first-order chi connectivity index (χ1) is 20.1. The number of halogens is 8. The molecule has 44 heavy (non-hydrogen) atoms. The molecule has 2 aromatic rings. The Morgan fingerprint density at radius 1 is 0.909 bits per heavy atom. The highest BCUT2D eigenvalue weighted by atomic mass is 19.4. The number of aryl methyl sites for hydroxylation is 1. The molecule has 4 rings (SSSR count). The van der Waals surface area contributed by atoms with E-state index in [2.05, 4.69) is 4.98 Å². The molecule has 1 amide bonds. The van der Waals surface area contributed by atoms with Gasteiger partial charge in [-0.2, -0.15) is 26.3 Å². The molecule has 3 heterocycles. The van der Waals surface area contributed by atoms with E-state index in [-0.39, 0.29) is 18.2 Å². The lowest BCUT2D eigenvalue weighted by molar-refractivity contribution is -0.193. The predicted octanol–water partition coefficient (Wildman–Crippen LogP) is 5.01. The second kappa shape index (κ2) is 14.2. The minimum Gasteiger partial charge on any atom is -0.508 e. The zero-order valence-electron chi connectivity index (χ0n) is 23.1. The molecule has 0 bridgehead atoms. The van der Waals surface area contributed by atoms with E-state index in [4.69, 9.17) is 19.8 Å². The molecule has 9 nitrogen and oxygen atoms in total. The van der Waals surface area contributed by atoms with Crippen LogP contribution in [0.2, 0.25) is 0 Å². The fraction of sp³-hybridized carbons (Fsp3) is 0.481. The molecule has 0 saturated carbocycles. The smallest absolute Gasteiger partial charge is 0.490 e. The van der Waals surface area contributed by atoms with Crippen LogP contribution in [0.3, 0.4) is 0 Å². The summed E-state index contributed by atoms with van der Waals surface area (Å²) in [6.07, 6.45) is -9.38. The minimum atomic E-state index is -5.08. The maximum atomic E-state index is 14.8. The number of hydrogen-bond donors (Lipinski definition) is 3. The first-order valence-corrected chi connectivity index (χ1v) is 12.8. The van der Waals surface area contributed by atoms with Crippen molar-refractivity contribution in [3.63, 3.8) is 0 Å². The average molecular weight is 644 g/mol. The third-order valence-corrected chi connectivity index (χ3v) is 6.53. The number of carboxylic acids is 2. The molecule has 1 atom stereocenters. The first kappa shape index (κ1) is 36.2. The Morgan fingerprint density at radius 3 is 1.95 bits per heavy atom. The summed E-state index contributed by atoms with van der Waals surface area (Å²) in [7, 11) is 0. The molecule has 0 radical (unpaired) electrons. The number of phenolic OH excluding ortho intramolecular Hbond substituents is 1. The van der Waals surface area contributed by atoms with E-state index >= 15 is 0 Å². The second-order valence-corrected chi connectivity index (χ2v) is 10.3. The number of alkyl halides is 8. The summed E-state index contributed by atoms with van der Waals surface area (Å²) >= 11 is 0. The van der Waals surface area contributed by atoms with Gasteiger partial charge in [0.2, 0.25) is 5.91 Å². The Morgan fingerprint density at radius 2 is 1.45 bits per heavy atom. The van der Waals surface area contributed by atoms with Gasteiger partial charge in [0.05, 0.1) is 24.2 Å². The molecular weight excluding hydrogens is 614 g/mol. The third-order valence-electron chi connectivity index (χ3n) is 6.53. The summed E-state index contributed by atoms with van der Waals surface area (Å²) in [4.78, 5) is 39.1. The second-order valence-electron chi connectivity index (χ2n) is 10.3. The van der Waals surface area contributed by atoms with E-state index in [1.54, 1.807) is 34.1 Å². The molecule has 0 aliphatic carbocycles. The maximum Gasteiger partial charge on any atom is 0.490 e. The molecule has 2 aliphatic rings. The fourth-order valence-electron chi connectivity index (χ4n) is 4.89. The van der Waals surface area contributed by atoms with Crippen LogP contribution in [-0.4, -0.2) is 85.9 Å². The van der Waals surface area contributed by atoms with Gasteiger partial charge in [-0.25, -0.2) is 18.4 Å². The van der Waals surface area contributed by atoms with Crippen molar-refractivity contribution in [2.45, 2.75) is 57.6 Å². The quantitative estimate of drug-likeness (QED) is 0.397. The molecule has 1 aromatic heterocycles. The van der Waals surface area contributed by atoms with Crippen LogP contribution in [0.25, 0.3) is 0 Å². The molecule has 1 unspecified atom stereocenters. The number of rotatable bonds is 4. The molecule has 2 aliphatic heterocycles. The first-order valence-electron chi connectivity index (χ1n) is 12.8. The Bertz CT molecular complexity index is 1280. The van der Waals surface area contributed by atoms with Gasteiger partial charge in [-0.15, -0.1) is 0 Å². The number of nitrogens with zero attached hydrogens (tertiary/aromatic N) is 3. The van der Waals surface area contributed by atoms with Gasteiger partial charge in [0.15, 0.2) is 0 Å². The number of likely N-dealkylation sites (tertiary alicyclic amines) is 2. The highest BCUT2D eigenvalue weighted by Gasteiger charge is 2.55. The van der Waals surface area contributed by atoms with Crippen LogP contribution in [0.4, 0.5) is 35.1 Å². The van der Waals surface area contributed by atoms with Gasteiger partial charge in [0.25, 0.3) is 5.92 Å². The molecular formula is C27H29F8N3O6. The van der Waals surface area contributed by atoms with Crippen molar-refractivity contribution in [1.29, 1.82) is 0 Å². The van der Waals surface area contributed by atoms with Crippen molar-refractivity contribution in [2.24, 2.45) is 5.41 Å². The monoisotopic (exact) mass is 643 g/mol. The summed E-state index contributed by atoms with van der Waals surface area (Å²) in [5.74, 6) is -8.48. The van der Waals surface area contributed by atoms with Crippen molar-refractivity contribution in [1.82, 2.24) is 14.8 Å². The number of carbonyl (C=O) groups excluding carboxylic acids is 1. The standard InChI is InChI=1S/C23H27F2N3O2.2C2HF3O2/c1-17-4-2-5-19(26-17)13-28-11-3-10-22(21(28)30)14-23(24,25)16-27(15-22)12-18-6-8-20(29)9-7-18;2*3-2(4,5)1(6)7/h2,4-9,29H,3,10-16H2,1H3;2*(H,6,7). The van der Waals surface area contributed by atoms with E-state index in [1.807, 2.05) is 25.1 Å². The van der Waals surface area contributed by atoms with Gasteiger partial charge in [-0.1, -0.05) is 18.2 Å². The van der Waals surface area contributed by atoms with Crippen molar-refractivity contribution < 1.29 is 64.8 Å². The molecule has 3 N–H and O–H groups in total. The van der Waals surface area contributed by atoms with Crippen molar-refractivity contribution in [3.8, 4) is 5.75 Å². The Kier molecular flexibility index (Phi) is 11.7. The number of phenols is 1. The molecule has 244 valence electrons. The zero-order chi connectivity index (χ0) is 33.5. The number of aromatic nitrogens is 1. The van der Waals surface area contributed by atoms with Gasteiger partial charge in [-0.05, 0) is 49.6 Å². The van der Waals surface area contributed by atoms with E-state index in [9.17, 15) is 45.0 Å². The molecule has 1 aromatic carbocycles. The van der Waals surface area contributed by atoms with Gasteiger partial charge in [0, 0.05) is 31.7 Å². The predicted molar refractivity (Wildman–Crippen MR) is 136 cm³/mol. The number of carboxylic acid groups (broad SMARTS) is 2.